The highest BCUT2D eigenvalue weighted by atomic mass is 35.5. The number of benzene rings is 1. The van der Waals surface area contributed by atoms with Crippen molar-refractivity contribution in [1.82, 2.24) is 4.98 Å². The number of hydrogen-bond acceptors (Lipinski definition) is 2. The van der Waals surface area contributed by atoms with Gasteiger partial charge in [0.25, 0.3) is 0 Å². The zero-order valence-electron chi connectivity index (χ0n) is 9.42. The lowest BCUT2D eigenvalue weighted by atomic mass is 10.1. The van der Waals surface area contributed by atoms with Crippen molar-refractivity contribution < 1.29 is 0 Å². The van der Waals surface area contributed by atoms with Gasteiger partial charge in [-0.3, -0.25) is 4.98 Å². The molecule has 96 valence electrons. The van der Waals surface area contributed by atoms with E-state index in [4.69, 9.17) is 51.7 Å². The minimum Gasteiger partial charge on any atom is -0.258 e. The summed E-state index contributed by atoms with van der Waals surface area (Å²) in [6, 6.07) is 7.10. The minimum absolute atomic E-state index is 0.161. The molecule has 2 nitrogen and oxygen atoms in total. The van der Waals surface area contributed by atoms with Crippen molar-refractivity contribution in [2.45, 2.75) is 6.42 Å². The molecule has 2 aromatic rings. The molecule has 0 spiro atoms. The van der Waals surface area contributed by atoms with Crippen molar-refractivity contribution in [3.63, 3.8) is 0 Å². The van der Waals surface area contributed by atoms with Crippen molar-refractivity contribution >= 4 is 46.4 Å². The average Bonchev–Trinajstić information content (AvgIpc) is 2.39. The minimum atomic E-state index is 0.161. The molecule has 0 aliphatic carbocycles. The van der Waals surface area contributed by atoms with E-state index in [9.17, 15) is 0 Å². The van der Waals surface area contributed by atoms with Gasteiger partial charge >= 0.3 is 0 Å². The molecule has 1 heterocycles. The fraction of sp³-hybridized carbons (Fsp3) is 0.0769. The van der Waals surface area contributed by atoms with E-state index in [1.165, 1.54) is 0 Å². The molecule has 6 heteroatoms. The normalized spacial score (nSPS) is 10.3. The van der Waals surface area contributed by atoms with Gasteiger partial charge in [-0.05, 0) is 12.1 Å². The van der Waals surface area contributed by atoms with E-state index in [1.807, 2.05) is 6.07 Å². The van der Waals surface area contributed by atoms with Gasteiger partial charge < -0.3 is 0 Å². The van der Waals surface area contributed by atoms with Crippen LogP contribution in [-0.4, -0.2) is 4.98 Å². The molecule has 0 bridgehead atoms. The number of nitriles is 1. The maximum atomic E-state index is 8.64. The number of rotatable bonds is 2. The Morgan fingerprint density at radius 2 is 1.79 bits per heavy atom. The van der Waals surface area contributed by atoms with Crippen LogP contribution in [0.15, 0.2) is 24.4 Å². The lowest BCUT2D eigenvalue weighted by Crippen LogP contribution is -1.91. The largest absolute Gasteiger partial charge is 0.258 e. The quantitative estimate of drug-likeness (QED) is 0.688. The van der Waals surface area contributed by atoms with Gasteiger partial charge in [0.2, 0.25) is 0 Å². The topological polar surface area (TPSA) is 36.7 Å². The van der Waals surface area contributed by atoms with Crippen molar-refractivity contribution in [1.29, 1.82) is 5.26 Å². The zero-order chi connectivity index (χ0) is 14.0. The molecular formula is C13H6Cl4N2. The van der Waals surface area contributed by atoms with Crippen molar-refractivity contribution in [2.24, 2.45) is 0 Å². The second-order valence-corrected chi connectivity index (χ2v) is 5.28. The van der Waals surface area contributed by atoms with Gasteiger partial charge in [-0.1, -0.05) is 52.5 Å². The molecule has 0 aliphatic rings. The van der Waals surface area contributed by atoms with Gasteiger partial charge in [-0.15, -0.1) is 0 Å². The van der Waals surface area contributed by atoms with Gasteiger partial charge in [0.05, 0.1) is 38.3 Å². The number of hydrogen-bond donors (Lipinski definition) is 0. The summed E-state index contributed by atoms with van der Waals surface area (Å²) in [4.78, 5) is 4.15. The number of aromatic nitrogens is 1. The summed E-state index contributed by atoms with van der Waals surface area (Å²) < 4.78 is 0. The van der Waals surface area contributed by atoms with Gasteiger partial charge in [-0.2, -0.15) is 5.26 Å². The molecule has 1 aromatic carbocycles. The van der Waals surface area contributed by atoms with E-state index in [2.05, 4.69) is 4.98 Å². The Labute approximate surface area is 130 Å². The summed E-state index contributed by atoms with van der Waals surface area (Å²) in [6.07, 6.45) is 1.76. The molecule has 2 rings (SSSR count). The molecule has 0 saturated heterocycles. The first kappa shape index (κ1) is 14.4. The first-order valence-corrected chi connectivity index (χ1v) is 6.71. The lowest BCUT2D eigenvalue weighted by Gasteiger charge is -2.08. The first-order chi connectivity index (χ1) is 9.04. The third-order valence-corrected chi connectivity index (χ3v) is 4.13. The van der Waals surface area contributed by atoms with E-state index in [-0.39, 0.29) is 11.4 Å². The van der Waals surface area contributed by atoms with Crippen LogP contribution in [0.2, 0.25) is 20.1 Å². The predicted octanol–water partition coefficient (Wildman–Crippen LogP) is 5.43. The molecule has 0 radical (unpaired) electrons. The summed E-state index contributed by atoms with van der Waals surface area (Å²) in [6.45, 7) is 0. The van der Waals surface area contributed by atoms with Gasteiger partial charge in [-0.25, -0.2) is 0 Å². The van der Waals surface area contributed by atoms with Crippen LogP contribution in [0.3, 0.4) is 0 Å². The van der Waals surface area contributed by atoms with Crippen LogP contribution in [0.5, 0.6) is 0 Å². The molecule has 0 aliphatic heterocycles. The average molecular weight is 332 g/mol. The number of pyridine rings is 1. The lowest BCUT2D eigenvalue weighted by molar-refractivity contribution is 1.12. The van der Waals surface area contributed by atoms with E-state index >= 15 is 0 Å². The number of nitrogens with zero attached hydrogens (tertiary/aromatic N) is 2. The molecule has 0 unspecified atom stereocenters. The second kappa shape index (κ2) is 5.98. The zero-order valence-corrected chi connectivity index (χ0v) is 12.4. The van der Waals surface area contributed by atoms with Crippen molar-refractivity contribution in [2.75, 3.05) is 0 Å². The van der Waals surface area contributed by atoms with Gasteiger partial charge in [0.15, 0.2) is 0 Å². The van der Waals surface area contributed by atoms with Crippen LogP contribution in [0.1, 0.15) is 5.69 Å². The summed E-state index contributed by atoms with van der Waals surface area (Å²) in [5.74, 6) is 0. The molecule has 0 saturated carbocycles. The fourth-order valence-electron chi connectivity index (χ4n) is 1.57. The Balaban J connectivity index is 2.52. The van der Waals surface area contributed by atoms with Crippen LogP contribution in [0.4, 0.5) is 0 Å². The molecule has 0 N–H and O–H groups in total. The Morgan fingerprint density at radius 3 is 2.42 bits per heavy atom. The number of halogens is 4. The maximum absolute atomic E-state index is 8.64. The summed E-state index contributed by atoms with van der Waals surface area (Å²) in [5, 5.41) is 10.1. The van der Waals surface area contributed by atoms with Crippen LogP contribution in [0, 0.1) is 11.3 Å². The molecule has 1 aromatic heterocycles. The van der Waals surface area contributed by atoms with Gasteiger partial charge in [0.1, 0.15) is 0 Å². The second-order valence-electron chi connectivity index (χ2n) is 3.71. The maximum Gasteiger partial charge on any atom is 0.0789 e. The highest BCUT2D eigenvalue weighted by Gasteiger charge is 2.12. The Morgan fingerprint density at radius 1 is 1.05 bits per heavy atom. The molecule has 0 atom stereocenters. The third-order valence-electron chi connectivity index (χ3n) is 2.51. The predicted molar refractivity (Wildman–Crippen MR) is 79.0 cm³/mol. The molecule has 19 heavy (non-hydrogen) atoms. The SMILES string of the molecule is N#CCc1ncc(-c2ccc(Cl)c(Cl)c2Cl)cc1Cl. The summed E-state index contributed by atoms with van der Waals surface area (Å²) in [7, 11) is 0. The fourth-order valence-corrected chi connectivity index (χ4v) is 2.45. The van der Waals surface area contributed by atoms with Gasteiger partial charge in [0, 0.05) is 17.3 Å². The smallest absolute Gasteiger partial charge is 0.0789 e. The highest BCUT2D eigenvalue weighted by molar-refractivity contribution is 6.49. The van der Waals surface area contributed by atoms with E-state index < -0.39 is 0 Å². The summed E-state index contributed by atoms with van der Waals surface area (Å²) in [5.41, 5.74) is 1.94. The molecule has 0 fully saturated rings. The van der Waals surface area contributed by atoms with Crippen LogP contribution < -0.4 is 0 Å². The molecular weight excluding hydrogens is 326 g/mol. The van der Waals surface area contributed by atoms with Crippen molar-refractivity contribution in [3.05, 3.63) is 50.2 Å². The van der Waals surface area contributed by atoms with Crippen LogP contribution >= 0.6 is 46.4 Å². The summed E-state index contributed by atoms with van der Waals surface area (Å²) >= 11 is 24.1. The Hall–Kier alpha value is -0.980. The Bertz CT molecular complexity index is 677. The standard InChI is InChI=1S/C13H6Cl4N2/c14-9-2-1-8(12(16)13(9)17)7-5-10(15)11(3-4-18)19-6-7/h1-2,5-6H,3H2. The monoisotopic (exact) mass is 330 g/mol. The van der Waals surface area contributed by atoms with Crippen LogP contribution in [0.25, 0.3) is 11.1 Å². The third kappa shape index (κ3) is 2.96. The highest BCUT2D eigenvalue weighted by Crippen LogP contribution is 2.38. The van der Waals surface area contributed by atoms with Crippen molar-refractivity contribution in [3.8, 4) is 17.2 Å². The molecule has 0 amide bonds. The van der Waals surface area contributed by atoms with E-state index in [0.29, 0.717) is 26.3 Å². The first-order valence-electron chi connectivity index (χ1n) is 5.20. The van der Waals surface area contributed by atoms with E-state index in [0.717, 1.165) is 5.56 Å². The van der Waals surface area contributed by atoms with Crippen LogP contribution in [-0.2, 0) is 6.42 Å². The van der Waals surface area contributed by atoms with E-state index in [1.54, 1.807) is 24.4 Å². The Kier molecular flexibility index (Phi) is 4.54.